The Morgan fingerprint density at radius 2 is 1.76 bits per heavy atom. The number of amides is 1. The number of rotatable bonds is 4. The third-order valence-electron chi connectivity index (χ3n) is 2.58. The maximum Gasteiger partial charge on any atom is 0.243 e. The number of anilines is 2. The summed E-state index contributed by atoms with van der Waals surface area (Å²) >= 11 is 5.59. The zero-order valence-electron chi connectivity index (χ0n) is 10.6. The topological polar surface area (TPSA) is 41.1 Å². The molecule has 0 heterocycles. The van der Waals surface area contributed by atoms with E-state index in [1.807, 2.05) is 0 Å². The Kier molecular flexibility index (Phi) is 4.70. The third-order valence-corrected chi connectivity index (χ3v) is 2.86. The first kappa shape index (κ1) is 15.2. The van der Waals surface area contributed by atoms with Gasteiger partial charge >= 0.3 is 0 Å². The summed E-state index contributed by atoms with van der Waals surface area (Å²) in [5.41, 5.74) is 0.176. The van der Waals surface area contributed by atoms with Gasteiger partial charge < -0.3 is 10.6 Å². The van der Waals surface area contributed by atoms with Gasteiger partial charge in [-0.2, -0.15) is 0 Å². The van der Waals surface area contributed by atoms with Crippen molar-refractivity contribution < 1.29 is 18.0 Å². The second kappa shape index (κ2) is 6.49. The number of carbonyl (C=O) groups is 1. The molecule has 0 aliphatic heterocycles. The Balaban J connectivity index is 1.95. The van der Waals surface area contributed by atoms with Crippen LogP contribution in [0, 0.1) is 17.5 Å². The van der Waals surface area contributed by atoms with Crippen molar-refractivity contribution in [1.82, 2.24) is 0 Å². The standard InChI is InChI=1S/C14H10ClF3N2O/c15-10-6-9(2-4-11(10)17)19-7-14(21)20-13-5-8(16)1-3-12(13)18/h1-6,19H,7H2,(H,20,21). The van der Waals surface area contributed by atoms with Gasteiger partial charge in [0.2, 0.25) is 5.91 Å². The quantitative estimate of drug-likeness (QED) is 0.901. The highest BCUT2D eigenvalue weighted by molar-refractivity contribution is 6.31. The number of hydrogen-bond donors (Lipinski definition) is 2. The molecule has 110 valence electrons. The van der Waals surface area contributed by atoms with E-state index in [-0.39, 0.29) is 17.3 Å². The summed E-state index contributed by atoms with van der Waals surface area (Å²) in [6, 6.07) is 6.60. The summed E-state index contributed by atoms with van der Waals surface area (Å²) in [6.45, 7) is -0.210. The van der Waals surface area contributed by atoms with Crippen molar-refractivity contribution in [2.75, 3.05) is 17.2 Å². The van der Waals surface area contributed by atoms with Crippen LogP contribution in [0.1, 0.15) is 0 Å². The van der Waals surface area contributed by atoms with Crippen molar-refractivity contribution in [2.45, 2.75) is 0 Å². The number of nitrogens with one attached hydrogen (secondary N) is 2. The lowest BCUT2D eigenvalue weighted by Crippen LogP contribution is -2.22. The molecule has 0 fully saturated rings. The fraction of sp³-hybridized carbons (Fsp3) is 0.0714. The molecule has 2 rings (SSSR count). The zero-order valence-corrected chi connectivity index (χ0v) is 11.3. The summed E-state index contributed by atoms with van der Waals surface area (Å²) in [4.78, 5) is 11.6. The molecule has 0 aliphatic carbocycles. The molecule has 2 N–H and O–H groups in total. The van der Waals surface area contributed by atoms with Crippen LogP contribution in [0.5, 0.6) is 0 Å². The number of benzene rings is 2. The van der Waals surface area contributed by atoms with Gasteiger partial charge in [-0.15, -0.1) is 0 Å². The van der Waals surface area contributed by atoms with Gasteiger partial charge in [-0.05, 0) is 30.3 Å². The third kappa shape index (κ3) is 4.13. The maximum atomic E-state index is 13.3. The predicted molar refractivity (Wildman–Crippen MR) is 74.9 cm³/mol. The molecule has 2 aromatic rings. The van der Waals surface area contributed by atoms with E-state index in [1.54, 1.807) is 0 Å². The monoisotopic (exact) mass is 314 g/mol. The van der Waals surface area contributed by atoms with E-state index in [0.29, 0.717) is 5.69 Å². The number of hydrogen-bond acceptors (Lipinski definition) is 2. The Bertz CT molecular complexity index is 679. The molecule has 0 saturated heterocycles. The molecule has 2 aromatic carbocycles. The van der Waals surface area contributed by atoms with E-state index in [9.17, 15) is 18.0 Å². The molecule has 0 spiro atoms. The van der Waals surface area contributed by atoms with Crippen molar-refractivity contribution in [3.63, 3.8) is 0 Å². The van der Waals surface area contributed by atoms with E-state index in [4.69, 9.17) is 11.6 Å². The Labute approximate surface area is 123 Å². The van der Waals surface area contributed by atoms with Crippen LogP contribution in [0.15, 0.2) is 36.4 Å². The molecule has 3 nitrogen and oxygen atoms in total. The van der Waals surface area contributed by atoms with Gasteiger partial charge in [0.05, 0.1) is 17.3 Å². The van der Waals surface area contributed by atoms with E-state index < -0.39 is 23.4 Å². The molecule has 21 heavy (non-hydrogen) atoms. The summed E-state index contributed by atoms with van der Waals surface area (Å²) in [5.74, 6) is -2.56. The SMILES string of the molecule is O=C(CNc1ccc(F)c(Cl)c1)Nc1cc(F)ccc1F. The molecular formula is C14H10ClF3N2O. The average Bonchev–Trinajstić information content (AvgIpc) is 2.44. The molecule has 0 radical (unpaired) electrons. The van der Waals surface area contributed by atoms with E-state index in [0.717, 1.165) is 24.3 Å². The highest BCUT2D eigenvalue weighted by Crippen LogP contribution is 2.19. The first-order chi connectivity index (χ1) is 9.95. The van der Waals surface area contributed by atoms with Crippen LogP contribution < -0.4 is 10.6 Å². The minimum absolute atomic E-state index is 0.0865. The Morgan fingerprint density at radius 3 is 2.48 bits per heavy atom. The largest absolute Gasteiger partial charge is 0.376 e. The van der Waals surface area contributed by atoms with Crippen LogP contribution in [0.25, 0.3) is 0 Å². The molecule has 0 atom stereocenters. The highest BCUT2D eigenvalue weighted by Gasteiger charge is 2.08. The second-order valence-electron chi connectivity index (χ2n) is 4.15. The summed E-state index contributed by atoms with van der Waals surface area (Å²) in [7, 11) is 0. The fourth-order valence-electron chi connectivity index (χ4n) is 1.58. The average molecular weight is 315 g/mol. The van der Waals surface area contributed by atoms with Gasteiger partial charge in [0, 0.05) is 11.8 Å². The van der Waals surface area contributed by atoms with Gasteiger partial charge in [-0.1, -0.05) is 11.6 Å². The minimum atomic E-state index is -0.741. The summed E-state index contributed by atoms with van der Waals surface area (Å²) in [5, 5.41) is 4.82. The molecule has 0 aliphatic rings. The predicted octanol–water partition coefficient (Wildman–Crippen LogP) is 3.81. The first-order valence-corrected chi connectivity index (χ1v) is 6.27. The molecular weight excluding hydrogens is 305 g/mol. The first-order valence-electron chi connectivity index (χ1n) is 5.89. The van der Waals surface area contributed by atoms with Crippen LogP contribution in [-0.2, 0) is 4.79 Å². The van der Waals surface area contributed by atoms with Crippen molar-refractivity contribution >= 4 is 28.9 Å². The van der Waals surface area contributed by atoms with Crippen molar-refractivity contribution in [3.8, 4) is 0 Å². The van der Waals surface area contributed by atoms with Crippen molar-refractivity contribution in [2.24, 2.45) is 0 Å². The minimum Gasteiger partial charge on any atom is -0.376 e. The van der Waals surface area contributed by atoms with Gasteiger partial charge in [0.15, 0.2) is 0 Å². The summed E-state index contributed by atoms with van der Waals surface area (Å²) < 4.78 is 39.2. The summed E-state index contributed by atoms with van der Waals surface area (Å²) in [6.07, 6.45) is 0. The number of halogens is 4. The molecule has 0 saturated carbocycles. The lowest BCUT2D eigenvalue weighted by Gasteiger charge is -2.09. The normalized spacial score (nSPS) is 10.3. The Morgan fingerprint density at radius 1 is 1.05 bits per heavy atom. The molecule has 7 heteroatoms. The Hall–Kier alpha value is -2.21. The van der Waals surface area contributed by atoms with Crippen LogP contribution in [0.2, 0.25) is 5.02 Å². The lowest BCUT2D eigenvalue weighted by molar-refractivity contribution is -0.114. The van der Waals surface area contributed by atoms with Crippen molar-refractivity contribution in [3.05, 3.63) is 58.9 Å². The van der Waals surface area contributed by atoms with Gasteiger partial charge in [0.25, 0.3) is 0 Å². The smallest absolute Gasteiger partial charge is 0.243 e. The van der Waals surface area contributed by atoms with E-state index >= 15 is 0 Å². The molecule has 1 amide bonds. The van der Waals surface area contributed by atoms with Gasteiger partial charge in [-0.25, -0.2) is 13.2 Å². The highest BCUT2D eigenvalue weighted by atomic mass is 35.5. The zero-order chi connectivity index (χ0) is 15.4. The molecule has 0 aromatic heterocycles. The van der Waals surface area contributed by atoms with Gasteiger partial charge in [-0.3, -0.25) is 4.79 Å². The second-order valence-corrected chi connectivity index (χ2v) is 4.56. The van der Waals surface area contributed by atoms with Crippen LogP contribution in [0.3, 0.4) is 0 Å². The van der Waals surface area contributed by atoms with Crippen molar-refractivity contribution in [1.29, 1.82) is 0 Å². The van der Waals surface area contributed by atoms with Gasteiger partial charge in [0.1, 0.15) is 17.5 Å². The van der Waals surface area contributed by atoms with Crippen LogP contribution >= 0.6 is 11.6 Å². The van der Waals surface area contributed by atoms with E-state index in [2.05, 4.69) is 10.6 Å². The maximum absolute atomic E-state index is 13.3. The molecule has 0 unspecified atom stereocenters. The fourth-order valence-corrected chi connectivity index (χ4v) is 1.76. The van der Waals surface area contributed by atoms with E-state index in [1.165, 1.54) is 12.1 Å². The molecule has 0 bridgehead atoms. The lowest BCUT2D eigenvalue weighted by atomic mass is 10.3. The van der Waals surface area contributed by atoms with Crippen LogP contribution in [0.4, 0.5) is 24.5 Å². The van der Waals surface area contributed by atoms with Crippen LogP contribution in [-0.4, -0.2) is 12.5 Å². The number of carbonyl (C=O) groups excluding carboxylic acids is 1.